The van der Waals surface area contributed by atoms with Crippen molar-refractivity contribution >= 4 is 23.6 Å². The van der Waals surface area contributed by atoms with E-state index in [0.717, 1.165) is 17.7 Å². The van der Waals surface area contributed by atoms with E-state index in [1.165, 1.54) is 0 Å². The number of rotatable bonds is 5. The summed E-state index contributed by atoms with van der Waals surface area (Å²) in [6.07, 6.45) is 1.60. The number of benzene rings is 2. The molecule has 1 aliphatic heterocycles. The van der Waals surface area contributed by atoms with Gasteiger partial charge < -0.3 is 10.2 Å². The molecular weight excluding hydrogens is 344 g/mol. The molecule has 0 spiro atoms. The van der Waals surface area contributed by atoms with Gasteiger partial charge >= 0.3 is 0 Å². The van der Waals surface area contributed by atoms with Gasteiger partial charge in [-0.3, -0.25) is 9.59 Å². The Bertz CT molecular complexity index is 728. The maximum Gasteiger partial charge on any atom is 0.251 e. The van der Waals surface area contributed by atoms with E-state index >= 15 is 0 Å². The minimum atomic E-state index is -0.104. The van der Waals surface area contributed by atoms with Gasteiger partial charge in [0.05, 0.1) is 5.25 Å². The standard InChI is InChI=1S/C21H24N2O2S/c1-16(26-19-10-6-3-7-11-19)21(25)23-14-12-18(13-15-23)22-20(24)17-8-4-2-5-9-17/h2-11,16,18H,12-15H2,1H3,(H,22,24)/t16-/m1/s1. The molecule has 0 aliphatic carbocycles. The van der Waals surface area contributed by atoms with Crippen LogP contribution in [0.25, 0.3) is 0 Å². The molecule has 5 heteroatoms. The summed E-state index contributed by atoms with van der Waals surface area (Å²) in [4.78, 5) is 27.9. The third-order valence-electron chi connectivity index (χ3n) is 4.58. The van der Waals surface area contributed by atoms with Crippen LogP contribution < -0.4 is 5.32 Å². The van der Waals surface area contributed by atoms with Gasteiger partial charge in [-0.15, -0.1) is 11.8 Å². The fourth-order valence-electron chi connectivity index (χ4n) is 3.11. The summed E-state index contributed by atoms with van der Waals surface area (Å²) in [5.74, 6) is 0.134. The molecule has 1 N–H and O–H groups in total. The fraction of sp³-hybridized carbons (Fsp3) is 0.333. The molecule has 1 saturated heterocycles. The zero-order valence-electron chi connectivity index (χ0n) is 14.9. The number of nitrogens with one attached hydrogen (secondary N) is 1. The first kappa shape index (κ1) is 18.5. The van der Waals surface area contributed by atoms with Crippen LogP contribution in [0.15, 0.2) is 65.6 Å². The molecule has 136 valence electrons. The molecule has 4 nitrogen and oxygen atoms in total. The fourth-order valence-corrected chi connectivity index (χ4v) is 4.09. The van der Waals surface area contributed by atoms with Crippen LogP contribution in [0.5, 0.6) is 0 Å². The Morgan fingerprint density at radius 2 is 1.58 bits per heavy atom. The lowest BCUT2D eigenvalue weighted by atomic mass is 10.0. The summed E-state index contributed by atoms with van der Waals surface area (Å²) in [5, 5.41) is 2.98. The highest BCUT2D eigenvalue weighted by Gasteiger charge is 2.27. The van der Waals surface area contributed by atoms with Crippen LogP contribution in [0.4, 0.5) is 0 Å². The van der Waals surface area contributed by atoms with Gasteiger partial charge in [0, 0.05) is 29.6 Å². The van der Waals surface area contributed by atoms with E-state index in [4.69, 9.17) is 0 Å². The molecular formula is C21H24N2O2S. The van der Waals surface area contributed by atoms with Crippen LogP contribution in [-0.4, -0.2) is 41.1 Å². The third kappa shape index (κ3) is 4.88. The number of piperidine rings is 1. The van der Waals surface area contributed by atoms with E-state index in [2.05, 4.69) is 5.32 Å². The van der Waals surface area contributed by atoms with Crippen molar-refractivity contribution < 1.29 is 9.59 Å². The Balaban J connectivity index is 1.47. The van der Waals surface area contributed by atoms with Crippen molar-refractivity contribution in [2.45, 2.75) is 36.0 Å². The van der Waals surface area contributed by atoms with Gasteiger partial charge in [-0.05, 0) is 44.0 Å². The zero-order valence-corrected chi connectivity index (χ0v) is 15.7. The summed E-state index contributed by atoms with van der Waals surface area (Å²) in [5.41, 5.74) is 0.680. The molecule has 1 heterocycles. The first-order valence-electron chi connectivity index (χ1n) is 9.00. The molecule has 1 aliphatic rings. The highest BCUT2D eigenvalue weighted by atomic mass is 32.2. The molecule has 26 heavy (non-hydrogen) atoms. The minimum Gasteiger partial charge on any atom is -0.349 e. The molecule has 0 aromatic heterocycles. The number of carbonyl (C=O) groups excluding carboxylic acids is 2. The maximum absolute atomic E-state index is 12.7. The van der Waals surface area contributed by atoms with Crippen LogP contribution in [0, 0.1) is 0 Å². The molecule has 0 saturated carbocycles. The largest absolute Gasteiger partial charge is 0.349 e. The predicted octanol–water partition coefficient (Wildman–Crippen LogP) is 3.59. The minimum absolute atomic E-state index is 0.0385. The van der Waals surface area contributed by atoms with Gasteiger partial charge in [0.2, 0.25) is 5.91 Å². The van der Waals surface area contributed by atoms with Crippen molar-refractivity contribution in [3.63, 3.8) is 0 Å². The third-order valence-corrected chi connectivity index (χ3v) is 5.68. The average Bonchev–Trinajstić information content (AvgIpc) is 2.69. The van der Waals surface area contributed by atoms with Crippen LogP contribution in [0.2, 0.25) is 0 Å². The van der Waals surface area contributed by atoms with Gasteiger partial charge in [-0.2, -0.15) is 0 Å². The summed E-state index contributed by atoms with van der Waals surface area (Å²) in [6.45, 7) is 3.35. The topological polar surface area (TPSA) is 49.4 Å². The molecule has 2 aromatic carbocycles. The number of amides is 2. The molecule has 0 unspecified atom stereocenters. The Morgan fingerprint density at radius 1 is 1.00 bits per heavy atom. The molecule has 1 atom stereocenters. The maximum atomic E-state index is 12.7. The van der Waals surface area contributed by atoms with Crippen LogP contribution in [-0.2, 0) is 4.79 Å². The quantitative estimate of drug-likeness (QED) is 0.821. The molecule has 0 radical (unpaired) electrons. The summed E-state index contributed by atoms with van der Waals surface area (Å²) >= 11 is 1.59. The van der Waals surface area contributed by atoms with E-state index in [1.54, 1.807) is 11.8 Å². The van der Waals surface area contributed by atoms with E-state index in [0.29, 0.717) is 18.7 Å². The van der Waals surface area contributed by atoms with Crippen molar-refractivity contribution in [3.05, 3.63) is 66.2 Å². The Morgan fingerprint density at radius 3 is 2.19 bits per heavy atom. The lowest BCUT2D eigenvalue weighted by Crippen LogP contribution is -2.48. The van der Waals surface area contributed by atoms with Gasteiger partial charge in [0.15, 0.2) is 0 Å². The highest BCUT2D eigenvalue weighted by molar-refractivity contribution is 8.00. The van der Waals surface area contributed by atoms with E-state index in [9.17, 15) is 9.59 Å². The summed E-state index contributed by atoms with van der Waals surface area (Å²) in [7, 11) is 0. The van der Waals surface area contributed by atoms with Crippen molar-refractivity contribution in [2.24, 2.45) is 0 Å². The van der Waals surface area contributed by atoms with Crippen molar-refractivity contribution in [3.8, 4) is 0 Å². The summed E-state index contributed by atoms with van der Waals surface area (Å²) < 4.78 is 0. The monoisotopic (exact) mass is 368 g/mol. The van der Waals surface area contributed by atoms with Crippen LogP contribution >= 0.6 is 11.8 Å². The Labute approximate surface area is 159 Å². The smallest absolute Gasteiger partial charge is 0.251 e. The van der Waals surface area contributed by atoms with Crippen molar-refractivity contribution in [1.29, 1.82) is 0 Å². The van der Waals surface area contributed by atoms with Crippen molar-refractivity contribution in [1.82, 2.24) is 10.2 Å². The van der Waals surface area contributed by atoms with Gasteiger partial charge in [0.1, 0.15) is 0 Å². The van der Waals surface area contributed by atoms with Crippen molar-refractivity contribution in [2.75, 3.05) is 13.1 Å². The number of nitrogens with zero attached hydrogens (tertiary/aromatic N) is 1. The van der Waals surface area contributed by atoms with Gasteiger partial charge in [0.25, 0.3) is 5.91 Å². The first-order valence-corrected chi connectivity index (χ1v) is 9.88. The second kappa shape index (κ2) is 8.90. The number of thioether (sulfide) groups is 1. The van der Waals surface area contributed by atoms with Gasteiger partial charge in [-0.25, -0.2) is 0 Å². The highest BCUT2D eigenvalue weighted by Crippen LogP contribution is 2.25. The van der Waals surface area contributed by atoms with Crippen LogP contribution in [0.3, 0.4) is 0 Å². The molecule has 1 fully saturated rings. The first-order chi connectivity index (χ1) is 12.6. The molecule has 2 amide bonds. The van der Waals surface area contributed by atoms with E-state index < -0.39 is 0 Å². The van der Waals surface area contributed by atoms with E-state index in [1.807, 2.05) is 72.5 Å². The van der Waals surface area contributed by atoms with Gasteiger partial charge in [-0.1, -0.05) is 36.4 Å². The second-order valence-corrected chi connectivity index (χ2v) is 7.93. The predicted molar refractivity (Wildman–Crippen MR) is 105 cm³/mol. The lowest BCUT2D eigenvalue weighted by Gasteiger charge is -2.33. The Hall–Kier alpha value is -2.27. The number of likely N-dealkylation sites (tertiary alicyclic amines) is 1. The number of hydrogen-bond acceptors (Lipinski definition) is 3. The normalized spacial score (nSPS) is 16.1. The number of hydrogen-bond donors (Lipinski definition) is 1. The lowest BCUT2D eigenvalue weighted by molar-refractivity contribution is -0.131. The Kier molecular flexibility index (Phi) is 6.34. The molecule has 2 aromatic rings. The molecule has 0 bridgehead atoms. The van der Waals surface area contributed by atoms with Crippen LogP contribution in [0.1, 0.15) is 30.1 Å². The summed E-state index contributed by atoms with van der Waals surface area (Å²) in [6, 6.07) is 19.4. The average molecular weight is 369 g/mol. The SMILES string of the molecule is C[C@@H](Sc1ccccc1)C(=O)N1CCC(NC(=O)c2ccccc2)CC1. The zero-order chi connectivity index (χ0) is 18.4. The second-order valence-electron chi connectivity index (χ2n) is 6.51. The van der Waals surface area contributed by atoms with E-state index in [-0.39, 0.29) is 23.1 Å². The number of carbonyl (C=O) groups is 2. The molecule has 3 rings (SSSR count).